The van der Waals surface area contributed by atoms with Crippen molar-refractivity contribution in [2.45, 2.75) is 37.6 Å². The summed E-state index contributed by atoms with van der Waals surface area (Å²) < 4.78 is 26.4. The lowest BCUT2D eigenvalue weighted by molar-refractivity contribution is 0.508. The first-order valence-corrected chi connectivity index (χ1v) is 11.2. The highest BCUT2D eigenvalue weighted by Crippen LogP contribution is 2.22. The van der Waals surface area contributed by atoms with Crippen LogP contribution >= 0.6 is 24.0 Å². The van der Waals surface area contributed by atoms with Crippen molar-refractivity contribution in [2.75, 3.05) is 27.2 Å². The van der Waals surface area contributed by atoms with Gasteiger partial charge in [-0.25, -0.2) is 17.7 Å². The fourth-order valence-corrected chi connectivity index (χ4v) is 3.99. The number of aliphatic imine (C=N–C) groups is 1. The maximum atomic E-state index is 12.6. The van der Waals surface area contributed by atoms with Gasteiger partial charge in [-0.05, 0) is 24.1 Å². The van der Waals surface area contributed by atoms with Crippen LogP contribution in [0.4, 0.5) is 0 Å². The Bertz CT molecular complexity index is 929. The summed E-state index contributed by atoms with van der Waals surface area (Å²) in [4.78, 5) is 4.91. The monoisotopic (exact) mass is 544 g/mol. The summed E-state index contributed by atoms with van der Waals surface area (Å²) in [5.41, 5.74) is 1.83. The summed E-state index contributed by atoms with van der Waals surface area (Å²) in [6.45, 7) is 8.04. The first-order valence-electron chi connectivity index (χ1n) is 9.76. The molecule has 2 aromatic carbocycles. The molecule has 0 spiro atoms. The molecule has 0 saturated heterocycles. The Morgan fingerprint density at radius 2 is 1.60 bits per heavy atom. The molecular formula is C22H33IN4O2S. The molecular weight excluding hydrogens is 511 g/mol. The molecule has 6 nitrogen and oxygen atoms in total. The molecule has 2 aromatic rings. The Balaban J connectivity index is 0.00000450. The molecule has 0 aliphatic rings. The average Bonchev–Trinajstić information content (AvgIpc) is 2.71. The third-order valence-electron chi connectivity index (χ3n) is 4.74. The van der Waals surface area contributed by atoms with Gasteiger partial charge in [-0.15, -0.1) is 24.0 Å². The van der Waals surface area contributed by atoms with Crippen LogP contribution < -0.4 is 10.6 Å². The van der Waals surface area contributed by atoms with E-state index in [0.717, 1.165) is 6.54 Å². The lowest BCUT2D eigenvalue weighted by Crippen LogP contribution is -2.43. The van der Waals surface area contributed by atoms with Crippen LogP contribution in [0.1, 0.15) is 31.9 Å². The summed E-state index contributed by atoms with van der Waals surface area (Å²) in [6, 6.07) is 17.3. The largest absolute Gasteiger partial charge is 0.357 e. The molecule has 0 fully saturated rings. The molecule has 0 atom stereocenters. The van der Waals surface area contributed by atoms with Crippen molar-refractivity contribution in [1.29, 1.82) is 0 Å². The molecule has 0 heterocycles. The first-order chi connectivity index (χ1) is 13.7. The quantitative estimate of drug-likeness (QED) is 0.303. The lowest BCUT2D eigenvalue weighted by atomic mass is 9.85. The smallest absolute Gasteiger partial charge is 0.242 e. The second-order valence-corrected chi connectivity index (χ2v) is 9.81. The average molecular weight is 545 g/mol. The van der Waals surface area contributed by atoms with Gasteiger partial charge in [0.1, 0.15) is 0 Å². The van der Waals surface area contributed by atoms with Crippen LogP contribution in [0.2, 0.25) is 0 Å². The summed E-state index contributed by atoms with van der Waals surface area (Å²) in [6.07, 6.45) is 0. The SMILES string of the molecule is CCNC(=NCc1ccccc1S(=O)(=O)N(C)C)NCC(C)(C)c1ccccc1.I. The minimum Gasteiger partial charge on any atom is -0.357 e. The van der Waals surface area contributed by atoms with Crippen molar-refractivity contribution in [3.63, 3.8) is 0 Å². The van der Waals surface area contributed by atoms with Gasteiger partial charge in [0.15, 0.2) is 5.96 Å². The standard InChI is InChI=1S/C22H32N4O2S.HI/c1-6-23-21(25-17-22(2,3)19-13-8-7-9-14-19)24-16-18-12-10-11-15-20(18)29(27,28)26(4)5;/h7-15H,6,16-17H2,1-5H3,(H2,23,24,25);1H. The lowest BCUT2D eigenvalue weighted by Gasteiger charge is -2.26. The molecule has 0 bridgehead atoms. The van der Waals surface area contributed by atoms with Gasteiger partial charge in [0.25, 0.3) is 0 Å². The van der Waals surface area contributed by atoms with E-state index in [1.165, 1.54) is 24.0 Å². The van der Waals surface area contributed by atoms with Crippen LogP contribution in [-0.4, -0.2) is 45.9 Å². The van der Waals surface area contributed by atoms with E-state index in [1.54, 1.807) is 18.2 Å². The van der Waals surface area contributed by atoms with Crippen molar-refractivity contribution < 1.29 is 8.42 Å². The number of guanidine groups is 1. The van der Waals surface area contributed by atoms with Crippen molar-refractivity contribution in [3.05, 3.63) is 65.7 Å². The number of nitrogens with zero attached hydrogens (tertiary/aromatic N) is 2. The molecule has 0 saturated carbocycles. The number of benzene rings is 2. The second-order valence-electron chi connectivity index (χ2n) is 7.69. The molecule has 0 aliphatic carbocycles. The molecule has 0 unspecified atom stereocenters. The highest BCUT2D eigenvalue weighted by Gasteiger charge is 2.22. The third kappa shape index (κ3) is 6.95. The van der Waals surface area contributed by atoms with Gasteiger partial charge in [-0.3, -0.25) is 0 Å². The van der Waals surface area contributed by atoms with E-state index in [2.05, 4.69) is 41.6 Å². The van der Waals surface area contributed by atoms with Crippen LogP contribution in [0.25, 0.3) is 0 Å². The molecule has 2 N–H and O–H groups in total. The Labute approximate surface area is 198 Å². The fourth-order valence-electron chi connectivity index (χ4n) is 2.88. The molecule has 8 heteroatoms. The van der Waals surface area contributed by atoms with E-state index in [1.807, 2.05) is 31.2 Å². The number of nitrogens with one attached hydrogen (secondary N) is 2. The summed E-state index contributed by atoms with van der Waals surface area (Å²) in [7, 11) is -0.447. The maximum Gasteiger partial charge on any atom is 0.242 e. The zero-order valence-corrected chi connectivity index (χ0v) is 21.5. The normalized spacial score (nSPS) is 12.4. The summed E-state index contributed by atoms with van der Waals surface area (Å²) in [5.74, 6) is 0.661. The topological polar surface area (TPSA) is 73.8 Å². The minimum atomic E-state index is -3.52. The zero-order valence-electron chi connectivity index (χ0n) is 18.3. The van der Waals surface area contributed by atoms with E-state index < -0.39 is 10.0 Å². The Kier molecular flexibility index (Phi) is 10.3. The van der Waals surface area contributed by atoms with Gasteiger partial charge in [-0.2, -0.15) is 0 Å². The third-order valence-corrected chi connectivity index (χ3v) is 6.65. The van der Waals surface area contributed by atoms with Gasteiger partial charge >= 0.3 is 0 Å². The van der Waals surface area contributed by atoms with Gasteiger partial charge in [0.2, 0.25) is 10.0 Å². The second kappa shape index (κ2) is 11.7. The van der Waals surface area contributed by atoms with Gasteiger partial charge in [-0.1, -0.05) is 62.4 Å². The van der Waals surface area contributed by atoms with Crippen molar-refractivity contribution in [3.8, 4) is 0 Å². The number of sulfonamides is 1. The van der Waals surface area contributed by atoms with Crippen LogP contribution in [0, 0.1) is 0 Å². The number of halogens is 1. The van der Waals surface area contributed by atoms with Gasteiger partial charge in [0, 0.05) is 32.6 Å². The summed E-state index contributed by atoms with van der Waals surface area (Å²) >= 11 is 0. The van der Waals surface area contributed by atoms with Crippen molar-refractivity contribution in [1.82, 2.24) is 14.9 Å². The Hall–Kier alpha value is -1.65. The predicted molar refractivity (Wildman–Crippen MR) is 135 cm³/mol. The molecule has 0 amide bonds. The fraction of sp³-hybridized carbons (Fsp3) is 0.409. The maximum absolute atomic E-state index is 12.6. The van der Waals surface area contributed by atoms with Gasteiger partial charge < -0.3 is 10.6 Å². The van der Waals surface area contributed by atoms with Crippen LogP contribution in [0.3, 0.4) is 0 Å². The summed E-state index contributed by atoms with van der Waals surface area (Å²) in [5, 5.41) is 6.63. The minimum absolute atomic E-state index is 0. The molecule has 2 rings (SSSR count). The first kappa shape index (κ1) is 26.4. The van der Waals surface area contributed by atoms with E-state index in [4.69, 9.17) is 0 Å². The number of hydrogen-bond donors (Lipinski definition) is 2. The van der Waals surface area contributed by atoms with E-state index >= 15 is 0 Å². The van der Waals surface area contributed by atoms with Gasteiger partial charge in [0.05, 0.1) is 11.4 Å². The molecule has 30 heavy (non-hydrogen) atoms. The van der Waals surface area contributed by atoms with E-state index in [-0.39, 0.29) is 40.8 Å². The van der Waals surface area contributed by atoms with Crippen LogP contribution in [0.15, 0.2) is 64.5 Å². The number of rotatable bonds is 8. The van der Waals surface area contributed by atoms with Crippen LogP contribution in [0.5, 0.6) is 0 Å². The predicted octanol–water partition coefficient (Wildman–Crippen LogP) is 3.59. The molecule has 0 radical (unpaired) electrons. The van der Waals surface area contributed by atoms with Crippen molar-refractivity contribution >= 4 is 40.0 Å². The van der Waals surface area contributed by atoms with E-state index in [9.17, 15) is 8.42 Å². The number of hydrogen-bond acceptors (Lipinski definition) is 3. The Morgan fingerprint density at radius 1 is 1.00 bits per heavy atom. The molecule has 0 aliphatic heterocycles. The zero-order chi connectivity index (χ0) is 21.5. The van der Waals surface area contributed by atoms with Crippen molar-refractivity contribution in [2.24, 2.45) is 4.99 Å². The highest BCUT2D eigenvalue weighted by atomic mass is 127. The van der Waals surface area contributed by atoms with Crippen LogP contribution in [-0.2, 0) is 22.0 Å². The highest BCUT2D eigenvalue weighted by molar-refractivity contribution is 14.0. The molecule has 166 valence electrons. The molecule has 0 aromatic heterocycles. The Morgan fingerprint density at radius 3 is 2.20 bits per heavy atom. The van der Waals surface area contributed by atoms with E-state index in [0.29, 0.717) is 18.1 Å².